The molecule has 3 aromatic heterocycles. The van der Waals surface area contributed by atoms with Gasteiger partial charge in [0.1, 0.15) is 0 Å². The number of aromatic amines is 2. The van der Waals surface area contributed by atoms with Crippen LogP contribution in [0.15, 0.2) is 91.0 Å². The molecular formula is C32H17N8OTi. The van der Waals surface area contributed by atoms with E-state index in [1.807, 2.05) is 91.0 Å². The van der Waals surface area contributed by atoms with Crippen LogP contribution < -0.4 is 3.87 Å². The van der Waals surface area contributed by atoms with E-state index in [1.54, 1.807) is 0 Å². The van der Waals surface area contributed by atoms with Crippen molar-refractivity contribution in [1.82, 2.24) is 39.9 Å². The Morgan fingerprint density at radius 3 is 1.33 bits per heavy atom. The van der Waals surface area contributed by atoms with E-state index in [9.17, 15) is 3.32 Å². The molecule has 9 rings (SSSR count). The van der Waals surface area contributed by atoms with Gasteiger partial charge in [0.05, 0.1) is 0 Å². The van der Waals surface area contributed by atoms with Gasteiger partial charge in [-0.05, 0) is 0 Å². The number of hydrogen-bond acceptors (Lipinski definition) is 7. The van der Waals surface area contributed by atoms with E-state index in [4.69, 9.17) is 29.9 Å². The maximum atomic E-state index is 12.4. The Morgan fingerprint density at radius 1 is 0.429 bits per heavy atom. The first kappa shape index (κ1) is 23.5. The molecule has 195 valence electrons. The quantitative estimate of drug-likeness (QED) is 0.232. The summed E-state index contributed by atoms with van der Waals surface area (Å²) in [5, 5.41) is 3.46. The second-order valence-electron chi connectivity index (χ2n) is 10.1. The molecule has 0 spiro atoms. The van der Waals surface area contributed by atoms with Gasteiger partial charge in [-0.25, -0.2) is 0 Å². The number of aromatic nitrogens is 8. The topological polar surface area (TPSA) is 126 Å². The summed E-state index contributed by atoms with van der Waals surface area (Å²) in [6.07, 6.45) is 0. The molecule has 0 saturated carbocycles. The van der Waals surface area contributed by atoms with Crippen molar-refractivity contribution in [3.05, 3.63) is 91.0 Å². The fourth-order valence-corrected chi connectivity index (χ4v) is 6.59. The summed E-state index contributed by atoms with van der Waals surface area (Å²) in [4.78, 5) is 36.6. The molecule has 9 nitrogen and oxygen atoms in total. The van der Waals surface area contributed by atoms with Crippen LogP contribution in [0.4, 0.5) is 0 Å². The molecule has 2 aliphatic rings. The normalized spacial score (nSPS) is 11.8. The van der Waals surface area contributed by atoms with Gasteiger partial charge in [0.2, 0.25) is 0 Å². The van der Waals surface area contributed by atoms with Crippen LogP contribution in [-0.4, -0.2) is 39.9 Å². The second-order valence-corrected chi connectivity index (χ2v) is 11.2. The van der Waals surface area contributed by atoms with Crippen molar-refractivity contribution in [3.63, 3.8) is 0 Å². The molecular weight excluding hydrogens is 560 g/mol. The minimum absolute atomic E-state index is 0.520. The fourth-order valence-electron chi connectivity index (χ4n) is 5.78. The monoisotopic (exact) mass is 577 g/mol. The summed E-state index contributed by atoms with van der Waals surface area (Å²) >= 11 is -1.62. The third-order valence-corrected chi connectivity index (χ3v) is 8.68. The average molecular weight is 577 g/mol. The number of hydrogen-bond donors (Lipinski definition) is 2. The van der Waals surface area contributed by atoms with Crippen molar-refractivity contribution in [2.45, 2.75) is 0 Å². The predicted octanol–water partition coefficient (Wildman–Crippen LogP) is 5.92. The SMILES string of the molecule is [O]=[Ti][c]1cccc2c3nc4nc(nc5[nH]c(nc6nc(nc([nH]3)c12)-c1ccccc1-6)c1ccccc51)-c1ccccc1-4. The zero-order valence-corrected chi connectivity index (χ0v) is 23.3. The summed E-state index contributed by atoms with van der Waals surface area (Å²) in [6.45, 7) is 0. The summed E-state index contributed by atoms with van der Waals surface area (Å²) < 4.78 is 13.1. The Balaban J connectivity index is 1.52. The van der Waals surface area contributed by atoms with Crippen molar-refractivity contribution in [1.29, 1.82) is 0 Å². The number of rotatable bonds is 1. The van der Waals surface area contributed by atoms with Crippen molar-refractivity contribution in [2.24, 2.45) is 0 Å². The first-order chi connectivity index (χ1) is 20.7. The number of nitrogens with one attached hydrogen (secondary N) is 2. The van der Waals surface area contributed by atoms with Crippen LogP contribution in [-0.2, 0) is 22.4 Å². The van der Waals surface area contributed by atoms with Crippen LogP contribution in [0.1, 0.15) is 0 Å². The van der Waals surface area contributed by atoms with E-state index >= 15 is 0 Å². The molecule has 42 heavy (non-hydrogen) atoms. The summed E-state index contributed by atoms with van der Waals surface area (Å²) in [5.74, 6) is 2.16. The van der Waals surface area contributed by atoms with Gasteiger partial charge in [-0.3, -0.25) is 0 Å². The molecule has 2 aliphatic heterocycles. The zero-order valence-electron chi connectivity index (χ0n) is 21.8. The summed E-state index contributed by atoms with van der Waals surface area (Å²) in [7, 11) is 0. The fraction of sp³-hybridized carbons (Fsp3) is 0. The Bertz CT molecular complexity index is 2460. The van der Waals surface area contributed by atoms with Gasteiger partial charge in [-0.15, -0.1) is 0 Å². The molecule has 0 saturated heterocycles. The Kier molecular flexibility index (Phi) is 4.96. The first-order valence-corrected chi connectivity index (χ1v) is 14.8. The standard InChI is InChI=1S/C32H17N8.O.Ti/c1-2-10-18-17(9-1)25-33-26(18)38-28-21-13-5-6-14-22(21)30(35-28)40-32-24-16-8-7-15-23(24)31(36-32)39-29-20-12-4-3-11-19(20)27(34-29)37-25;;/h1-15H,(H2,33,34,35,36,37,38,39,40);;. The number of fused-ring (bicyclic) bond motifs is 20. The van der Waals surface area contributed by atoms with Crippen molar-refractivity contribution >= 4 is 48.0 Å². The van der Waals surface area contributed by atoms with Gasteiger partial charge in [-0.2, -0.15) is 0 Å². The molecule has 0 aliphatic carbocycles. The van der Waals surface area contributed by atoms with Crippen molar-refractivity contribution in [2.75, 3.05) is 0 Å². The minimum atomic E-state index is -1.62. The first-order valence-electron chi connectivity index (χ1n) is 13.4. The molecule has 2 N–H and O–H groups in total. The van der Waals surface area contributed by atoms with E-state index < -0.39 is 19.1 Å². The Hall–Kier alpha value is -5.25. The molecule has 0 amide bonds. The van der Waals surface area contributed by atoms with Crippen LogP contribution in [0.3, 0.4) is 0 Å². The third-order valence-electron chi connectivity index (χ3n) is 7.69. The third kappa shape index (κ3) is 3.41. The number of benzene rings is 4. The zero-order chi connectivity index (χ0) is 27.8. The van der Waals surface area contributed by atoms with Crippen LogP contribution in [0.5, 0.6) is 0 Å². The van der Waals surface area contributed by atoms with Gasteiger partial charge >= 0.3 is 241 Å². The second kappa shape index (κ2) is 8.88. The molecule has 8 bridgehead atoms. The molecule has 5 heterocycles. The van der Waals surface area contributed by atoms with Crippen LogP contribution >= 0.6 is 0 Å². The van der Waals surface area contributed by atoms with Crippen LogP contribution in [0.2, 0.25) is 0 Å². The van der Waals surface area contributed by atoms with Gasteiger partial charge in [0.25, 0.3) is 0 Å². The molecule has 4 aromatic carbocycles. The number of nitrogens with zero attached hydrogens (tertiary/aromatic N) is 6. The number of H-pyrrole nitrogens is 2. The van der Waals surface area contributed by atoms with E-state index in [-0.39, 0.29) is 0 Å². The van der Waals surface area contributed by atoms with Crippen molar-refractivity contribution < 1.29 is 22.4 Å². The van der Waals surface area contributed by atoms with Crippen LogP contribution in [0, 0.1) is 0 Å². The Morgan fingerprint density at radius 2 is 0.833 bits per heavy atom. The van der Waals surface area contributed by atoms with Gasteiger partial charge in [0, 0.05) is 0 Å². The van der Waals surface area contributed by atoms with Crippen LogP contribution in [0.25, 0.3) is 89.7 Å². The van der Waals surface area contributed by atoms with E-state index in [2.05, 4.69) is 9.97 Å². The summed E-state index contributed by atoms with van der Waals surface area (Å²) in [5.41, 5.74) is 5.95. The molecule has 7 aromatic rings. The van der Waals surface area contributed by atoms with E-state index in [0.717, 1.165) is 47.7 Å². The molecule has 0 fully saturated rings. The summed E-state index contributed by atoms with van der Waals surface area (Å²) in [6, 6.07) is 29.6. The van der Waals surface area contributed by atoms with E-state index in [1.165, 1.54) is 0 Å². The van der Waals surface area contributed by atoms with Gasteiger partial charge in [-0.1, -0.05) is 6.07 Å². The molecule has 0 atom stereocenters. The molecule has 0 radical (unpaired) electrons. The predicted molar refractivity (Wildman–Crippen MR) is 156 cm³/mol. The Labute approximate surface area is 246 Å². The molecule has 0 unspecified atom stereocenters. The van der Waals surface area contributed by atoms with Crippen molar-refractivity contribution in [3.8, 4) is 45.6 Å². The van der Waals surface area contributed by atoms with E-state index in [0.29, 0.717) is 45.9 Å². The van der Waals surface area contributed by atoms with Gasteiger partial charge in [0.15, 0.2) is 0 Å². The van der Waals surface area contributed by atoms with Gasteiger partial charge < -0.3 is 0 Å². The maximum absolute atomic E-state index is 12.4. The average Bonchev–Trinajstić information content (AvgIpc) is 3.76. The molecule has 10 heteroatoms.